The molecule has 1 atom stereocenters. The predicted octanol–water partition coefficient (Wildman–Crippen LogP) is 3.46. The number of carbonyl (C=O) groups excluding carboxylic acids is 3. The van der Waals surface area contributed by atoms with Crippen LogP contribution in [0.15, 0.2) is 30.3 Å². The van der Waals surface area contributed by atoms with Gasteiger partial charge in [0.1, 0.15) is 11.5 Å². The zero-order valence-corrected chi connectivity index (χ0v) is 17.8. The summed E-state index contributed by atoms with van der Waals surface area (Å²) in [6.07, 6.45) is -0.0138. The summed E-state index contributed by atoms with van der Waals surface area (Å²) in [7, 11) is 3.10. The van der Waals surface area contributed by atoms with Crippen LogP contribution >= 0.6 is 11.3 Å². The number of Topliss-reactive ketones (excluding diaryl/α,β-unsaturated/α-hetero) is 1. The standard InChI is InChI=1S/C21H25NO6S/c1-13-5-9-19(29-13)17(23)7-10-21(25)28-12-20(24)22-14(2)16-11-15(26-3)6-8-18(16)27-4/h5-6,8-9,11,14H,7,10,12H2,1-4H3,(H,22,24)/t14-/m0/s1. The number of benzene rings is 1. The van der Waals surface area contributed by atoms with Crippen molar-refractivity contribution in [3.05, 3.63) is 45.6 Å². The third kappa shape index (κ3) is 6.60. The van der Waals surface area contributed by atoms with Gasteiger partial charge >= 0.3 is 5.97 Å². The Labute approximate surface area is 174 Å². The number of aryl methyl sites for hydroxylation is 1. The van der Waals surface area contributed by atoms with Crippen molar-refractivity contribution >= 4 is 29.0 Å². The second kappa shape index (κ2) is 10.6. The van der Waals surface area contributed by atoms with Crippen molar-refractivity contribution in [3.8, 4) is 11.5 Å². The Balaban J connectivity index is 1.80. The van der Waals surface area contributed by atoms with E-state index in [1.807, 2.05) is 13.0 Å². The molecule has 1 aromatic carbocycles. The molecule has 0 aliphatic heterocycles. The first-order valence-electron chi connectivity index (χ1n) is 9.10. The summed E-state index contributed by atoms with van der Waals surface area (Å²) in [6, 6.07) is 8.51. The van der Waals surface area contributed by atoms with Gasteiger partial charge in [0.15, 0.2) is 12.4 Å². The number of hydrogen-bond donors (Lipinski definition) is 1. The minimum Gasteiger partial charge on any atom is -0.497 e. The maximum absolute atomic E-state index is 12.1. The average Bonchev–Trinajstić information content (AvgIpc) is 3.16. The van der Waals surface area contributed by atoms with E-state index in [0.29, 0.717) is 16.4 Å². The quantitative estimate of drug-likeness (QED) is 0.468. The lowest BCUT2D eigenvalue weighted by Crippen LogP contribution is -2.31. The van der Waals surface area contributed by atoms with Gasteiger partial charge in [0, 0.05) is 16.9 Å². The van der Waals surface area contributed by atoms with Crippen LogP contribution in [-0.4, -0.2) is 38.5 Å². The highest BCUT2D eigenvalue weighted by molar-refractivity contribution is 7.14. The normalized spacial score (nSPS) is 11.4. The minimum absolute atomic E-state index is 0.0534. The van der Waals surface area contributed by atoms with Crippen LogP contribution in [0.25, 0.3) is 0 Å². The van der Waals surface area contributed by atoms with Gasteiger partial charge in [0.05, 0.1) is 31.6 Å². The molecule has 2 rings (SSSR count). The molecule has 1 heterocycles. The molecule has 0 spiro atoms. The molecule has 0 aliphatic carbocycles. The maximum Gasteiger partial charge on any atom is 0.306 e. The van der Waals surface area contributed by atoms with E-state index in [1.54, 1.807) is 45.4 Å². The Kier molecular flexibility index (Phi) is 8.21. The van der Waals surface area contributed by atoms with Gasteiger partial charge in [0.2, 0.25) is 0 Å². The zero-order valence-electron chi connectivity index (χ0n) is 16.9. The van der Waals surface area contributed by atoms with Gasteiger partial charge in [-0.3, -0.25) is 14.4 Å². The molecule has 7 nitrogen and oxygen atoms in total. The van der Waals surface area contributed by atoms with Crippen molar-refractivity contribution in [1.29, 1.82) is 0 Å². The molecular weight excluding hydrogens is 394 g/mol. The van der Waals surface area contributed by atoms with Crippen LogP contribution in [0, 0.1) is 6.92 Å². The number of esters is 1. The number of thiophene rings is 1. The molecule has 1 amide bonds. The highest BCUT2D eigenvalue weighted by Crippen LogP contribution is 2.29. The van der Waals surface area contributed by atoms with Crippen LogP contribution in [0.2, 0.25) is 0 Å². The third-order valence-electron chi connectivity index (χ3n) is 4.22. The molecule has 1 N–H and O–H groups in total. The Morgan fingerprint density at radius 1 is 1.07 bits per heavy atom. The van der Waals surface area contributed by atoms with Gasteiger partial charge in [-0.05, 0) is 44.2 Å². The van der Waals surface area contributed by atoms with Gasteiger partial charge < -0.3 is 19.5 Å². The van der Waals surface area contributed by atoms with Gasteiger partial charge in [-0.25, -0.2) is 0 Å². The van der Waals surface area contributed by atoms with Crippen LogP contribution in [0.3, 0.4) is 0 Å². The molecule has 0 bridgehead atoms. The van der Waals surface area contributed by atoms with Gasteiger partial charge in [-0.2, -0.15) is 0 Å². The highest BCUT2D eigenvalue weighted by Gasteiger charge is 2.17. The first-order valence-corrected chi connectivity index (χ1v) is 9.92. The Hall–Kier alpha value is -2.87. The topological polar surface area (TPSA) is 90.9 Å². The lowest BCUT2D eigenvalue weighted by molar-refractivity contribution is -0.148. The molecule has 2 aromatic rings. The fourth-order valence-electron chi connectivity index (χ4n) is 2.68. The van der Waals surface area contributed by atoms with Gasteiger partial charge in [-0.1, -0.05) is 0 Å². The molecule has 0 radical (unpaired) electrons. The van der Waals surface area contributed by atoms with Crippen molar-refractivity contribution in [2.24, 2.45) is 0 Å². The predicted molar refractivity (Wildman–Crippen MR) is 110 cm³/mol. The van der Waals surface area contributed by atoms with Crippen LogP contribution < -0.4 is 14.8 Å². The van der Waals surface area contributed by atoms with Crippen molar-refractivity contribution in [3.63, 3.8) is 0 Å². The number of nitrogens with one attached hydrogen (secondary N) is 1. The van der Waals surface area contributed by atoms with E-state index in [-0.39, 0.29) is 24.7 Å². The third-order valence-corrected chi connectivity index (χ3v) is 5.26. The molecule has 0 unspecified atom stereocenters. The second-order valence-electron chi connectivity index (χ2n) is 6.39. The van der Waals surface area contributed by atoms with E-state index in [2.05, 4.69) is 5.32 Å². The Morgan fingerprint density at radius 3 is 2.45 bits per heavy atom. The molecule has 0 saturated carbocycles. The van der Waals surface area contributed by atoms with E-state index in [9.17, 15) is 14.4 Å². The lowest BCUT2D eigenvalue weighted by atomic mass is 10.1. The van der Waals surface area contributed by atoms with Crippen molar-refractivity contribution < 1.29 is 28.6 Å². The van der Waals surface area contributed by atoms with Gasteiger partial charge in [0.25, 0.3) is 5.91 Å². The highest BCUT2D eigenvalue weighted by atomic mass is 32.1. The van der Waals surface area contributed by atoms with E-state index in [4.69, 9.17) is 14.2 Å². The van der Waals surface area contributed by atoms with E-state index < -0.39 is 18.5 Å². The summed E-state index contributed by atoms with van der Waals surface area (Å²) in [6.45, 7) is 3.29. The Morgan fingerprint density at radius 2 is 1.83 bits per heavy atom. The number of hydrogen-bond acceptors (Lipinski definition) is 7. The number of ether oxygens (including phenoxy) is 3. The molecule has 29 heavy (non-hydrogen) atoms. The first-order chi connectivity index (χ1) is 13.8. The van der Waals surface area contributed by atoms with E-state index >= 15 is 0 Å². The fourth-order valence-corrected chi connectivity index (χ4v) is 3.52. The van der Waals surface area contributed by atoms with Gasteiger partial charge in [-0.15, -0.1) is 11.3 Å². The van der Waals surface area contributed by atoms with Crippen LogP contribution in [0.5, 0.6) is 11.5 Å². The molecule has 0 fully saturated rings. The molecular formula is C21H25NO6S. The number of methoxy groups -OCH3 is 2. The average molecular weight is 419 g/mol. The summed E-state index contributed by atoms with van der Waals surface area (Å²) in [5.41, 5.74) is 0.739. The maximum atomic E-state index is 12.1. The molecule has 0 saturated heterocycles. The largest absolute Gasteiger partial charge is 0.497 e. The molecule has 0 aliphatic rings. The Bertz CT molecular complexity index is 876. The summed E-state index contributed by atoms with van der Waals surface area (Å²) in [5, 5.41) is 2.75. The molecule has 8 heteroatoms. The summed E-state index contributed by atoms with van der Waals surface area (Å²) >= 11 is 1.39. The molecule has 1 aromatic heterocycles. The van der Waals surface area contributed by atoms with E-state index in [1.165, 1.54) is 11.3 Å². The number of ketones is 1. The van der Waals surface area contributed by atoms with Crippen molar-refractivity contribution in [1.82, 2.24) is 5.32 Å². The number of carbonyl (C=O) groups is 3. The van der Waals surface area contributed by atoms with Crippen molar-refractivity contribution in [2.45, 2.75) is 32.7 Å². The smallest absolute Gasteiger partial charge is 0.306 e. The summed E-state index contributed by atoms with van der Waals surface area (Å²) < 4.78 is 15.5. The van der Waals surface area contributed by atoms with Crippen molar-refractivity contribution in [2.75, 3.05) is 20.8 Å². The number of rotatable bonds is 10. The lowest BCUT2D eigenvalue weighted by Gasteiger charge is -2.18. The van der Waals surface area contributed by atoms with Crippen LogP contribution in [0.1, 0.15) is 45.9 Å². The summed E-state index contributed by atoms with van der Waals surface area (Å²) in [5.74, 6) is 0.101. The monoisotopic (exact) mass is 419 g/mol. The van der Waals surface area contributed by atoms with Crippen LogP contribution in [-0.2, 0) is 14.3 Å². The summed E-state index contributed by atoms with van der Waals surface area (Å²) in [4.78, 5) is 37.6. The first kappa shape index (κ1) is 22.4. The zero-order chi connectivity index (χ0) is 21.4. The minimum atomic E-state index is -0.589. The molecule has 156 valence electrons. The van der Waals surface area contributed by atoms with Crippen LogP contribution in [0.4, 0.5) is 0 Å². The van der Waals surface area contributed by atoms with E-state index in [0.717, 1.165) is 10.4 Å². The number of amides is 1. The SMILES string of the molecule is COc1ccc(OC)c([C@H](C)NC(=O)COC(=O)CCC(=O)c2ccc(C)s2)c1. The second-order valence-corrected chi connectivity index (χ2v) is 7.68. The fraction of sp³-hybridized carbons (Fsp3) is 0.381.